The summed E-state index contributed by atoms with van der Waals surface area (Å²) in [7, 11) is 0. The van der Waals surface area contributed by atoms with Gasteiger partial charge in [0, 0.05) is 35.8 Å². The summed E-state index contributed by atoms with van der Waals surface area (Å²) in [5.74, 6) is -0.510. The second-order valence-electron chi connectivity index (χ2n) is 8.61. The molecule has 7 nitrogen and oxygen atoms in total. The SMILES string of the molecule is CC1(c2cccc(C(=O)N3CCC(c4c[nH]c5cc(F)ccc45)CC3)c2)NC(=O)NC1=O. The van der Waals surface area contributed by atoms with Crippen molar-refractivity contribution in [1.29, 1.82) is 0 Å². The highest BCUT2D eigenvalue weighted by Gasteiger charge is 2.43. The fourth-order valence-corrected chi connectivity index (χ4v) is 4.74. The van der Waals surface area contributed by atoms with E-state index in [0.29, 0.717) is 30.1 Å². The Hall–Kier alpha value is -3.68. The van der Waals surface area contributed by atoms with Crippen molar-refractivity contribution in [3.63, 3.8) is 0 Å². The van der Waals surface area contributed by atoms with Crippen molar-refractivity contribution in [2.45, 2.75) is 31.2 Å². The van der Waals surface area contributed by atoms with Crippen LogP contribution in [0.4, 0.5) is 9.18 Å². The monoisotopic (exact) mass is 434 g/mol. The van der Waals surface area contributed by atoms with Gasteiger partial charge in [0.05, 0.1) is 0 Å². The highest BCUT2D eigenvalue weighted by molar-refractivity contribution is 6.07. The van der Waals surface area contributed by atoms with Gasteiger partial charge in [0.1, 0.15) is 11.4 Å². The van der Waals surface area contributed by atoms with Gasteiger partial charge in [-0.2, -0.15) is 0 Å². The second kappa shape index (κ2) is 7.47. The van der Waals surface area contributed by atoms with E-state index in [1.165, 1.54) is 12.1 Å². The molecule has 2 saturated heterocycles. The van der Waals surface area contributed by atoms with Crippen LogP contribution in [-0.4, -0.2) is 40.8 Å². The number of nitrogens with one attached hydrogen (secondary N) is 3. The summed E-state index contributed by atoms with van der Waals surface area (Å²) in [6.45, 7) is 2.83. The van der Waals surface area contributed by atoms with E-state index in [1.54, 1.807) is 37.3 Å². The third-order valence-corrected chi connectivity index (χ3v) is 6.63. The fraction of sp³-hybridized carbons (Fsp3) is 0.292. The van der Waals surface area contributed by atoms with Gasteiger partial charge in [-0.05, 0) is 67.1 Å². The lowest BCUT2D eigenvalue weighted by atomic mass is 9.88. The molecule has 1 aromatic heterocycles. The van der Waals surface area contributed by atoms with E-state index in [0.717, 1.165) is 29.3 Å². The number of hydrogen-bond donors (Lipinski definition) is 3. The van der Waals surface area contributed by atoms with E-state index < -0.39 is 17.5 Å². The number of aromatic nitrogens is 1. The summed E-state index contributed by atoms with van der Waals surface area (Å²) >= 11 is 0. The summed E-state index contributed by atoms with van der Waals surface area (Å²) in [5.41, 5.74) is 1.79. The lowest BCUT2D eigenvalue weighted by molar-refractivity contribution is -0.123. The maximum Gasteiger partial charge on any atom is 0.322 e. The molecule has 3 heterocycles. The largest absolute Gasteiger partial charge is 0.361 e. The molecule has 0 saturated carbocycles. The molecule has 3 aromatic rings. The third-order valence-electron chi connectivity index (χ3n) is 6.63. The van der Waals surface area contributed by atoms with E-state index in [4.69, 9.17) is 0 Å². The van der Waals surface area contributed by atoms with Gasteiger partial charge < -0.3 is 15.2 Å². The average Bonchev–Trinajstić information content (AvgIpc) is 3.33. The molecule has 0 aliphatic carbocycles. The molecule has 3 N–H and O–H groups in total. The molecule has 1 atom stereocenters. The van der Waals surface area contributed by atoms with Crippen molar-refractivity contribution < 1.29 is 18.8 Å². The molecule has 4 amide bonds. The third kappa shape index (κ3) is 3.32. The molecule has 2 aromatic carbocycles. The summed E-state index contributed by atoms with van der Waals surface area (Å²) in [6.07, 6.45) is 3.56. The summed E-state index contributed by atoms with van der Waals surface area (Å²) in [6, 6.07) is 11.1. The number of hydrogen-bond acceptors (Lipinski definition) is 3. The highest BCUT2D eigenvalue weighted by atomic mass is 19.1. The Morgan fingerprint density at radius 2 is 1.91 bits per heavy atom. The number of likely N-dealkylation sites (tertiary alicyclic amines) is 1. The maximum absolute atomic E-state index is 13.5. The number of piperidine rings is 1. The minimum absolute atomic E-state index is 0.0976. The van der Waals surface area contributed by atoms with Crippen molar-refractivity contribution in [3.05, 3.63) is 71.2 Å². The molecule has 1 unspecified atom stereocenters. The Bertz CT molecular complexity index is 1250. The Balaban J connectivity index is 1.31. The normalized spacial score (nSPS) is 21.6. The maximum atomic E-state index is 13.5. The zero-order chi connectivity index (χ0) is 22.5. The first-order valence-electron chi connectivity index (χ1n) is 10.6. The van der Waals surface area contributed by atoms with Crippen LogP contribution >= 0.6 is 0 Å². The summed E-state index contributed by atoms with van der Waals surface area (Å²) in [5, 5.41) is 5.90. The topological polar surface area (TPSA) is 94.3 Å². The Morgan fingerprint density at radius 1 is 1.12 bits per heavy atom. The molecule has 0 bridgehead atoms. The van der Waals surface area contributed by atoms with Crippen LogP contribution in [0.15, 0.2) is 48.7 Å². The number of nitrogens with zero attached hydrogens (tertiary/aromatic N) is 1. The van der Waals surface area contributed by atoms with Gasteiger partial charge in [0.25, 0.3) is 11.8 Å². The van der Waals surface area contributed by atoms with Crippen LogP contribution < -0.4 is 10.6 Å². The second-order valence-corrected chi connectivity index (χ2v) is 8.61. The van der Waals surface area contributed by atoms with Crippen molar-refractivity contribution in [3.8, 4) is 0 Å². The average molecular weight is 434 g/mol. The number of H-pyrrole nitrogens is 1. The Labute approximate surface area is 184 Å². The van der Waals surface area contributed by atoms with Crippen LogP contribution in [0.5, 0.6) is 0 Å². The minimum Gasteiger partial charge on any atom is -0.361 e. The van der Waals surface area contributed by atoms with Gasteiger partial charge in [0.2, 0.25) is 0 Å². The van der Waals surface area contributed by atoms with Crippen LogP contribution in [0, 0.1) is 5.82 Å². The van der Waals surface area contributed by atoms with E-state index >= 15 is 0 Å². The van der Waals surface area contributed by atoms with Crippen LogP contribution in [0.25, 0.3) is 10.9 Å². The molecule has 2 aliphatic heterocycles. The molecular weight excluding hydrogens is 411 g/mol. The van der Waals surface area contributed by atoms with E-state index in [2.05, 4.69) is 15.6 Å². The predicted octanol–water partition coefficient (Wildman–Crippen LogP) is 3.38. The lowest BCUT2D eigenvalue weighted by Crippen LogP contribution is -2.41. The molecule has 5 rings (SSSR count). The number of rotatable bonds is 3. The van der Waals surface area contributed by atoms with E-state index in [1.807, 2.05) is 11.1 Å². The molecule has 0 radical (unpaired) electrons. The van der Waals surface area contributed by atoms with Crippen LogP contribution in [0.1, 0.15) is 47.2 Å². The number of imide groups is 1. The standard InChI is InChI=1S/C24H23FN4O3/c1-24(22(31)27-23(32)28-24)16-4-2-3-15(11-16)21(30)29-9-7-14(8-10-29)19-13-26-20-12-17(25)5-6-18(19)20/h2-6,11-14,26H,7-10H2,1H3,(H2,27,28,31,32). The number of carbonyl (C=O) groups is 3. The first kappa shape index (κ1) is 20.2. The molecule has 2 aliphatic rings. The van der Waals surface area contributed by atoms with Gasteiger partial charge in [-0.25, -0.2) is 9.18 Å². The van der Waals surface area contributed by atoms with Crippen LogP contribution in [0.2, 0.25) is 0 Å². The number of urea groups is 1. The zero-order valence-corrected chi connectivity index (χ0v) is 17.6. The van der Waals surface area contributed by atoms with E-state index in [9.17, 15) is 18.8 Å². The molecule has 8 heteroatoms. The van der Waals surface area contributed by atoms with Crippen molar-refractivity contribution in [1.82, 2.24) is 20.5 Å². The molecule has 0 spiro atoms. The van der Waals surface area contributed by atoms with Crippen molar-refractivity contribution in [2.75, 3.05) is 13.1 Å². The lowest BCUT2D eigenvalue weighted by Gasteiger charge is -2.32. The summed E-state index contributed by atoms with van der Waals surface area (Å²) < 4.78 is 13.5. The Kier molecular flexibility index (Phi) is 4.73. The Morgan fingerprint density at radius 3 is 2.62 bits per heavy atom. The molecule has 2 fully saturated rings. The van der Waals surface area contributed by atoms with Gasteiger partial charge in [0.15, 0.2) is 0 Å². The van der Waals surface area contributed by atoms with Crippen LogP contribution in [-0.2, 0) is 10.3 Å². The van der Waals surface area contributed by atoms with Gasteiger partial charge in [-0.1, -0.05) is 12.1 Å². The molecular formula is C24H23FN4O3. The molecule has 32 heavy (non-hydrogen) atoms. The van der Waals surface area contributed by atoms with Crippen molar-refractivity contribution >= 4 is 28.7 Å². The number of carbonyl (C=O) groups excluding carboxylic acids is 3. The van der Waals surface area contributed by atoms with Gasteiger partial charge in [-0.3, -0.25) is 14.9 Å². The number of fused-ring (bicyclic) bond motifs is 1. The quantitative estimate of drug-likeness (QED) is 0.552. The summed E-state index contributed by atoms with van der Waals surface area (Å²) in [4.78, 5) is 41.9. The number of benzene rings is 2. The first-order chi connectivity index (χ1) is 15.3. The number of halogens is 1. The predicted molar refractivity (Wildman–Crippen MR) is 117 cm³/mol. The van der Waals surface area contributed by atoms with Gasteiger partial charge in [-0.15, -0.1) is 0 Å². The smallest absolute Gasteiger partial charge is 0.322 e. The minimum atomic E-state index is -1.20. The number of aromatic amines is 1. The number of amides is 4. The first-order valence-corrected chi connectivity index (χ1v) is 10.6. The van der Waals surface area contributed by atoms with Crippen LogP contribution in [0.3, 0.4) is 0 Å². The van der Waals surface area contributed by atoms with E-state index in [-0.39, 0.29) is 11.7 Å². The fourth-order valence-electron chi connectivity index (χ4n) is 4.74. The molecule has 164 valence electrons. The van der Waals surface area contributed by atoms with Crippen molar-refractivity contribution in [2.24, 2.45) is 0 Å². The zero-order valence-electron chi connectivity index (χ0n) is 17.6. The highest BCUT2D eigenvalue weighted by Crippen LogP contribution is 2.34. The van der Waals surface area contributed by atoms with Gasteiger partial charge >= 0.3 is 6.03 Å².